The van der Waals surface area contributed by atoms with Gasteiger partial charge in [-0.15, -0.1) is 11.8 Å². The highest BCUT2D eigenvalue weighted by molar-refractivity contribution is 8.00. The van der Waals surface area contributed by atoms with Gasteiger partial charge in [-0.3, -0.25) is 19.5 Å². The molecule has 7 nitrogen and oxygen atoms in total. The van der Waals surface area contributed by atoms with Crippen LogP contribution in [0.25, 0.3) is 11.1 Å². The molecule has 222 valence electrons. The number of nitrogens with zero attached hydrogens (tertiary/aromatic N) is 4. The largest absolute Gasteiger partial charge is 0.395 e. The Balaban J connectivity index is 1.14. The Morgan fingerprint density at radius 2 is 1.71 bits per heavy atom. The molecule has 3 fully saturated rings. The van der Waals surface area contributed by atoms with Gasteiger partial charge in [0.25, 0.3) is 5.91 Å². The number of rotatable bonds is 7. The van der Waals surface area contributed by atoms with E-state index >= 15 is 0 Å². The summed E-state index contributed by atoms with van der Waals surface area (Å²) in [6, 6.07) is 15.4. The second-order valence-electron chi connectivity index (χ2n) is 13.1. The van der Waals surface area contributed by atoms with E-state index in [2.05, 4.69) is 61.2 Å². The summed E-state index contributed by atoms with van der Waals surface area (Å²) in [6.07, 6.45) is 4.32. The van der Waals surface area contributed by atoms with Crippen molar-refractivity contribution >= 4 is 29.4 Å². The van der Waals surface area contributed by atoms with Crippen LogP contribution in [0.5, 0.6) is 0 Å². The Morgan fingerprint density at radius 1 is 1.00 bits per heavy atom. The molecular weight excluding hydrogens is 544 g/mol. The molecule has 1 N–H and O–H groups in total. The van der Waals surface area contributed by atoms with Gasteiger partial charge in [-0.2, -0.15) is 0 Å². The van der Waals surface area contributed by atoms with Crippen molar-refractivity contribution in [2.24, 2.45) is 16.8 Å². The van der Waals surface area contributed by atoms with Crippen LogP contribution in [0.15, 0.2) is 52.4 Å². The lowest BCUT2D eigenvalue weighted by Crippen LogP contribution is -2.51. The zero-order valence-electron chi connectivity index (χ0n) is 24.8. The highest BCUT2D eigenvalue weighted by atomic mass is 32.2. The molecular formula is C34H42N4O3S. The highest BCUT2D eigenvalue weighted by Crippen LogP contribution is 2.46. The number of aliphatic hydroxyl groups is 1. The van der Waals surface area contributed by atoms with Gasteiger partial charge in [0, 0.05) is 60.9 Å². The maximum atomic E-state index is 14.2. The molecule has 1 aliphatic carbocycles. The van der Waals surface area contributed by atoms with Crippen LogP contribution in [0, 0.1) is 11.8 Å². The van der Waals surface area contributed by atoms with E-state index in [4.69, 9.17) is 4.99 Å². The van der Waals surface area contributed by atoms with E-state index in [-0.39, 0.29) is 24.3 Å². The number of amidine groups is 1. The number of aliphatic imine (C=N–C) groups is 1. The average molecular weight is 587 g/mol. The van der Waals surface area contributed by atoms with Crippen molar-refractivity contribution in [3.05, 3.63) is 53.6 Å². The number of carbonyl (C=O) groups excluding carboxylic acids is 2. The number of thioether (sulfide) groups is 1. The number of fused-ring (bicyclic) bond motifs is 1. The molecule has 42 heavy (non-hydrogen) atoms. The number of hydrogen-bond acceptors (Lipinski definition) is 6. The molecule has 4 heterocycles. The van der Waals surface area contributed by atoms with Crippen molar-refractivity contribution in [3.63, 3.8) is 0 Å². The third-order valence-corrected chi connectivity index (χ3v) is 11.7. The van der Waals surface area contributed by atoms with Gasteiger partial charge in [0.2, 0.25) is 5.91 Å². The number of amides is 2. The highest BCUT2D eigenvalue weighted by Gasteiger charge is 2.50. The Kier molecular flexibility index (Phi) is 7.43. The standard InChI is InChI=1S/C34H42N4O3S/c1-22-23(2)42-30-10-9-28(19-29(22)30)25-3-5-26(6-4-25)31-35-34(12-15-36(16-13-34)17-18-39)33(41)38(31)21-24-11-14-37(20-24)32(40)27-7-8-27/h3-6,9-10,19,22-24,27,39H,7-8,11-18,20-21H2,1-2H3/t22?,23?,24-/m1/s1. The molecule has 3 atom stereocenters. The summed E-state index contributed by atoms with van der Waals surface area (Å²) in [4.78, 5) is 39.7. The Morgan fingerprint density at radius 3 is 2.43 bits per heavy atom. The molecule has 0 aromatic heterocycles. The maximum Gasteiger partial charge on any atom is 0.256 e. The number of carbonyl (C=O) groups is 2. The molecule has 2 aromatic carbocycles. The van der Waals surface area contributed by atoms with Crippen LogP contribution in [-0.4, -0.2) is 94.1 Å². The third kappa shape index (κ3) is 5.09. The number of aliphatic hydroxyl groups excluding tert-OH is 1. The molecule has 2 unspecified atom stereocenters. The Bertz CT molecular complexity index is 1400. The van der Waals surface area contributed by atoms with Crippen molar-refractivity contribution in [2.75, 3.05) is 45.9 Å². The van der Waals surface area contributed by atoms with Crippen molar-refractivity contribution in [2.45, 2.75) is 67.6 Å². The number of likely N-dealkylation sites (tertiary alicyclic amines) is 2. The first-order valence-electron chi connectivity index (χ1n) is 15.8. The van der Waals surface area contributed by atoms with Gasteiger partial charge in [-0.1, -0.05) is 44.2 Å². The van der Waals surface area contributed by atoms with Crippen molar-refractivity contribution in [3.8, 4) is 11.1 Å². The molecule has 8 heteroatoms. The Hall–Kier alpha value is -2.68. The molecule has 4 aliphatic heterocycles. The average Bonchev–Trinajstić information content (AvgIpc) is 3.62. The van der Waals surface area contributed by atoms with Crippen LogP contribution in [0.1, 0.15) is 63.0 Å². The molecule has 2 saturated heterocycles. The minimum Gasteiger partial charge on any atom is -0.395 e. The number of β-amino-alcohol motifs (C(OH)–C–C–N with tert-alkyl or cyclic N) is 1. The topological polar surface area (TPSA) is 76.5 Å². The fourth-order valence-corrected chi connectivity index (χ4v) is 8.53. The minimum absolute atomic E-state index is 0.108. The van der Waals surface area contributed by atoms with Crippen LogP contribution in [0.4, 0.5) is 0 Å². The summed E-state index contributed by atoms with van der Waals surface area (Å²) < 4.78 is 0. The molecule has 5 aliphatic rings. The molecule has 2 amide bonds. The van der Waals surface area contributed by atoms with E-state index < -0.39 is 5.54 Å². The summed E-state index contributed by atoms with van der Waals surface area (Å²) in [6.45, 7) is 9.04. The summed E-state index contributed by atoms with van der Waals surface area (Å²) in [5.74, 6) is 2.23. The smallest absolute Gasteiger partial charge is 0.256 e. The third-order valence-electron chi connectivity index (χ3n) is 10.3. The van der Waals surface area contributed by atoms with Gasteiger partial charge < -0.3 is 14.9 Å². The van der Waals surface area contributed by atoms with Crippen LogP contribution in [0.3, 0.4) is 0 Å². The van der Waals surface area contributed by atoms with Gasteiger partial charge in [0.05, 0.1) is 6.61 Å². The Labute approximate surface area is 253 Å². The summed E-state index contributed by atoms with van der Waals surface area (Å²) >= 11 is 1.96. The first-order chi connectivity index (χ1) is 20.3. The van der Waals surface area contributed by atoms with E-state index in [1.165, 1.54) is 21.6 Å². The maximum absolute atomic E-state index is 14.2. The zero-order valence-corrected chi connectivity index (χ0v) is 25.6. The zero-order chi connectivity index (χ0) is 29.0. The quantitative estimate of drug-likeness (QED) is 0.512. The lowest BCUT2D eigenvalue weighted by atomic mass is 9.87. The second kappa shape index (κ2) is 11.1. The van der Waals surface area contributed by atoms with Crippen LogP contribution >= 0.6 is 11.8 Å². The first-order valence-corrected chi connectivity index (χ1v) is 16.7. The van der Waals surface area contributed by atoms with Crippen molar-refractivity contribution in [1.82, 2.24) is 14.7 Å². The molecule has 2 aromatic rings. The van der Waals surface area contributed by atoms with Gasteiger partial charge in [0.1, 0.15) is 11.4 Å². The van der Waals surface area contributed by atoms with Crippen LogP contribution in [-0.2, 0) is 9.59 Å². The van der Waals surface area contributed by atoms with E-state index in [1.807, 2.05) is 21.6 Å². The first kappa shape index (κ1) is 28.1. The lowest BCUT2D eigenvalue weighted by molar-refractivity contribution is -0.133. The van der Waals surface area contributed by atoms with Gasteiger partial charge >= 0.3 is 0 Å². The molecule has 0 bridgehead atoms. The molecule has 0 radical (unpaired) electrons. The van der Waals surface area contributed by atoms with E-state index in [9.17, 15) is 14.7 Å². The lowest BCUT2D eigenvalue weighted by Gasteiger charge is -2.36. The second-order valence-corrected chi connectivity index (χ2v) is 14.5. The van der Waals surface area contributed by atoms with Gasteiger partial charge in [0.15, 0.2) is 0 Å². The molecule has 1 spiro atoms. The van der Waals surface area contributed by atoms with Gasteiger partial charge in [-0.25, -0.2) is 0 Å². The fraction of sp³-hybridized carbons (Fsp3) is 0.559. The SMILES string of the molecule is CC1Sc2ccc(-c3ccc(C4=NC5(CCN(CCO)CC5)C(=O)N4C[C@@H]4CCN(C(=O)C5CC5)C4)cc3)cc2C1C. The van der Waals surface area contributed by atoms with E-state index in [0.29, 0.717) is 43.0 Å². The van der Waals surface area contributed by atoms with Crippen molar-refractivity contribution < 1.29 is 14.7 Å². The predicted octanol–water partition coefficient (Wildman–Crippen LogP) is 4.63. The van der Waals surface area contributed by atoms with Crippen LogP contribution < -0.4 is 0 Å². The number of hydrogen-bond donors (Lipinski definition) is 1. The van der Waals surface area contributed by atoms with Crippen molar-refractivity contribution in [1.29, 1.82) is 0 Å². The van der Waals surface area contributed by atoms with E-state index in [0.717, 1.165) is 56.8 Å². The summed E-state index contributed by atoms with van der Waals surface area (Å²) in [5, 5.41) is 10.0. The van der Waals surface area contributed by atoms with Gasteiger partial charge in [-0.05, 0) is 72.8 Å². The fourth-order valence-electron chi connectivity index (χ4n) is 7.25. The van der Waals surface area contributed by atoms with E-state index in [1.54, 1.807) is 0 Å². The monoisotopic (exact) mass is 586 g/mol. The predicted molar refractivity (Wildman–Crippen MR) is 167 cm³/mol. The normalized spacial score (nSPS) is 27.2. The summed E-state index contributed by atoms with van der Waals surface area (Å²) in [5.41, 5.74) is 4.08. The molecule has 1 saturated carbocycles. The summed E-state index contributed by atoms with van der Waals surface area (Å²) in [7, 11) is 0. The molecule has 7 rings (SSSR count). The number of benzene rings is 2. The van der Waals surface area contributed by atoms with Crippen LogP contribution in [0.2, 0.25) is 0 Å². The minimum atomic E-state index is -0.730. The number of piperidine rings is 1.